The van der Waals surface area contributed by atoms with Crippen molar-refractivity contribution in [1.82, 2.24) is 0 Å². The van der Waals surface area contributed by atoms with Crippen LogP contribution in [-0.2, 0) is 13.0 Å². The SMILES string of the molecule is NC1CCCc2ccc(OCc3cc(F)ccc3F)cc21. The van der Waals surface area contributed by atoms with Crippen LogP contribution in [0, 0.1) is 11.6 Å². The normalized spacial score (nSPS) is 17.4. The molecule has 2 N–H and O–H groups in total. The summed E-state index contributed by atoms with van der Waals surface area (Å²) in [5, 5.41) is 0. The highest BCUT2D eigenvalue weighted by Gasteiger charge is 2.17. The molecule has 21 heavy (non-hydrogen) atoms. The van der Waals surface area contributed by atoms with Crippen LogP contribution in [0.3, 0.4) is 0 Å². The van der Waals surface area contributed by atoms with Gasteiger partial charge in [-0.2, -0.15) is 0 Å². The summed E-state index contributed by atoms with van der Waals surface area (Å²) in [6.45, 7) is -0.00236. The molecule has 0 bridgehead atoms. The molecule has 1 unspecified atom stereocenters. The molecule has 0 heterocycles. The molecule has 0 amide bonds. The lowest BCUT2D eigenvalue weighted by Gasteiger charge is -2.22. The number of nitrogens with two attached hydrogens (primary N) is 1. The Balaban J connectivity index is 1.76. The van der Waals surface area contributed by atoms with Gasteiger partial charge in [-0.15, -0.1) is 0 Å². The van der Waals surface area contributed by atoms with E-state index in [2.05, 4.69) is 0 Å². The number of ether oxygens (including phenoxy) is 1. The molecule has 0 radical (unpaired) electrons. The fourth-order valence-electron chi connectivity index (χ4n) is 2.72. The summed E-state index contributed by atoms with van der Waals surface area (Å²) in [5.74, 6) is -0.303. The van der Waals surface area contributed by atoms with Crippen molar-refractivity contribution in [2.75, 3.05) is 0 Å². The minimum atomic E-state index is -0.470. The average Bonchev–Trinajstić information content (AvgIpc) is 2.49. The van der Waals surface area contributed by atoms with E-state index in [1.807, 2.05) is 18.2 Å². The molecule has 2 aromatic carbocycles. The van der Waals surface area contributed by atoms with Gasteiger partial charge in [0.1, 0.15) is 24.0 Å². The Morgan fingerprint density at radius 2 is 2.00 bits per heavy atom. The second-order valence-electron chi connectivity index (χ2n) is 5.38. The van der Waals surface area contributed by atoms with Gasteiger partial charge in [0.15, 0.2) is 0 Å². The van der Waals surface area contributed by atoms with E-state index < -0.39 is 11.6 Å². The number of benzene rings is 2. The van der Waals surface area contributed by atoms with Gasteiger partial charge in [0, 0.05) is 11.6 Å². The fourth-order valence-corrected chi connectivity index (χ4v) is 2.72. The van der Waals surface area contributed by atoms with Gasteiger partial charge < -0.3 is 10.5 Å². The molecule has 3 rings (SSSR count). The predicted octanol–water partition coefficient (Wildman–Crippen LogP) is 3.88. The third kappa shape index (κ3) is 3.05. The molecule has 0 spiro atoms. The summed E-state index contributed by atoms with van der Waals surface area (Å²) in [5.41, 5.74) is 8.65. The van der Waals surface area contributed by atoms with E-state index in [4.69, 9.17) is 10.5 Å². The summed E-state index contributed by atoms with van der Waals surface area (Å²) in [6, 6.07) is 9.16. The average molecular weight is 289 g/mol. The van der Waals surface area contributed by atoms with Crippen LogP contribution in [0.2, 0.25) is 0 Å². The first-order chi connectivity index (χ1) is 10.1. The smallest absolute Gasteiger partial charge is 0.130 e. The lowest BCUT2D eigenvalue weighted by molar-refractivity contribution is 0.298. The Morgan fingerprint density at radius 3 is 2.86 bits per heavy atom. The largest absolute Gasteiger partial charge is 0.489 e. The number of rotatable bonds is 3. The Labute approximate surface area is 122 Å². The van der Waals surface area contributed by atoms with Crippen LogP contribution in [0.15, 0.2) is 36.4 Å². The number of hydrogen-bond donors (Lipinski definition) is 1. The molecule has 2 aromatic rings. The van der Waals surface area contributed by atoms with Crippen molar-refractivity contribution in [3.05, 3.63) is 64.7 Å². The van der Waals surface area contributed by atoms with Crippen molar-refractivity contribution in [1.29, 1.82) is 0 Å². The van der Waals surface area contributed by atoms with Gasteiger partial charge in [-0.1, -0.05) is 6.07 Å². The molecular formula is C17H17F2NO. The molecule has 0 saturated heterocycles. The van der Waals surface area contributed by atoms with Crippen molar-refractivity contribution in [3.63, 3.8) is 0 Å². The number of hydrogen-bond acceptors (Lipinski definition) is 2. The van der Waals surface area contributed by atoms with E-state index in [-0.39, 0.29) is 18.2 Å². The maximum Gasteiger partial charge on any atom is 0.130 e. The highest BCUT2D eigenvalue weighted by Crippen LogP contribution is 2.31. The minimum absolute atomic E-state index is 0.00236. The molecular weight excluding hydrogens is 272 g/mol. The maximum absolute atomic E-state index is 13.5. The number of aryl methyl sites for hydroxylation is 1. The lowest BCUT2D eigenvalue weighted by Crippen LogP contribution is -2.17. The zero-order valence-corrected chi connectivity index (χ0v) is 11.6. The Kier molecular flexibility index (Phi) is 3.88. The first-order valence-electron chi connectivity index (χ1n) is 7.08. The second kappa shape index (κ2) is 5.82. The lowest BCUT2D eigenvalue weighted by atomic mass is 9.88. The summed E-state index contributed by atoms with van der Waals surface area (Å²) in [7, 11) is 0. The van der Waals surface area contributed by atoms with Gasteiger partial charge in [0.05, 0.1) is 0 Å². The van der Waals surface area contributed by atoms with Gasteiger partial charge in [-0.3, -0.25) is 0 Å². The summed E-state index contributed by atoms with van der Waals surface area (Å²) >= 11 is 0. The predicted molar refractivity (Wildman–Crippen MR) is 77.0 cm³/mol. The molecule has 1 aliphatic carbocycles. The molecule has 0 fully saturated rings. The van der Waals surface area contributed by atoms with Crippen molar-refractivity contribution >= 4 is 0 Å². The Morgan fingerprint density at radius 1 is 1.14 bits per heavy atom. The molecule has 2 nitrogen and oxygen atoms in total. The number of halogens is 2. The molecule has 4 heteroatoms. The first kappa shape index (κ1) is 14.0. The summed E-state index contributed by atoms with van der Waals surface area (Å²) < 4.78 is 32.2. The van der Waals surface area contributed by atoms with Gasteiger partial charge in [0.2, 0.25) is 0 Å². The molecule has 110 valence electrons. The van der Waals surface area contributed by atoms with Crippen molar-refractivity contribution < 1.29 is 13.5 Å². The maximum atomic E-state index is 13.5. The third-order valence-corrected chi connectivity index (χ3v) is 3.88. The molecule has 1 aliphatic rings. The third-order valence-electron chi connectivity index (χ3n) is 3.88. The number of fused-ring (bicyclic) bond motifs is 1. The van der Waals surface area contributed by atoms with Crippen LogP contribution >= 0.6 is 0 Å². The highest BCUT2D eigenvalue weighted by atomic mass is 19.1. The highest BCUT2D eigenvalue weighted by molar-refractivity contribution is 5.39. The van der Waals surface area contributed by atoms with Gasteiger partial charge >= 0.3 is 0 Å². The van der Waals surface area contributed by atoms with Crippen LogP contribution in [-0.4, -0.2) is 0 Å². The van der Waals surface area contributed by atoms with Crippen molar-refractivity contribution in [2.45, 2.75) is 31.9 Å². The molecule has 1 atom stereocenters. The molecule has 0 saturated carbocycles. The monoisotopic (exact) mass is 289 g/mol. The van der Waals surface area contributed by atoms with E-state index in [1.165, 1.54) is 5.56 Å². The Bertz CT molecular complexity index is 657. The molecule has 0 aliphatic heterocycles. The van der Waals surface area contributed by atoms with E-state index in [0.29, 0.717) is 5.75 Å². The zero-order chi connectivity index (χ0) is 14.8. The minimum Gasteiger partial charge on any atom is -0.489 e. The van der Waals surface area contributed by atoms with E-state index >= 15 is 0 Å². The Hall–Kier alpha value is -1.94. The van der Waals surface area contributed by atoms with Crippen molar-refractivity contribution in [2.24, 2.45) is 5.73 Å². The van der Waals surface area contributed by atoms with Crippen LogP contribution in [0.1, 0.15) is 35.6 Å². The van der Waals surface area contributed by atoms with Crippen LogP contribution in [0.4, 0.5) is 8.78 Å². The quantitative estimate of drug-likeness (QED) is 0.930. The second-order valence-corrected chi connectivity index (χ2v) is 5.38. The van der Waals surface area contributed by atoms with E-state index in [0.717, 1.165) is 43.0 Å². The van der Waals surface area contributed by atoms with Crippen LogP contribution in [0.25, 0.3) is 0 Å². The fraction of sp³-hybridized carbons (Fsp3) is 0.294. The standard InChI is InChI=1S/C17H17F2NO/c18-13-5-7-16(19)12(8-13)10-21-14-6-4-11-2-1-3-17(20)15(11)9-14/h4-9,17H,1-3,10,20H2. The summed E-state index contributed by atoms with van der Waals surface area (Å²) in [4.78, 5) is 0. The first-order valence-corrected chi connectivity index (χ1v) is 7.08. The zero-order valence-electron chi connectivity index (χ0n) is 11.6. The van der Waals surface area contributed by atoms with Gasteiger partial charge in [0.25, 0.3) is 0 Å². The van der Waals surface area contributed by atoms with Crippen LogP contribution in [0.5, 0.6) is 5.75 Å². The topological polar surface area (TPSA) is 35.2 Å². The summed E-state index contributed by atoms with van der Waals surface area (Å²) in [6.07, 6.45) is 3.10. The van der Waals surface area contributed by atoms with E-state index in [9.17, 15) is 8.78 Å². The van der Waals surface area contributed by atoms with Crippen molar-refractivity contribution in [3.8, 4) is 5.75 Å². The van der Waals surface area contributed by atoms with Gasteiger partial charge in [-0.05, 0) is 60.7 Å². The van der Waals surface area contributed by atoms with Crippen LogP contribution < -0.4 is 10.5 Å². The molecule has 0 aromatic heterocycles. The van der Waals surface area contributed by atoms with E-state index in [1.54, 1.807) is 0 Å². The van der Waals surface area contributed by atoms with Gasteiger partial charge in [-0.25, -0.2) is 8.78 Å².